The number of halogens is 2. The van der Waals surface area contributed by atoms with Gasteiger partial charge in [0.15, 0.2) is 0 Å². The number of carbonyl (C=O) groups is 1. The van der Waals surface area contributed by atoms with Crippen LogP contribution in [0.2, 0.25) is 10.0 Å². The van der Waals surface area contributed by atoms with Crippen LogP contribution < -0.4 is 4.72 Å². The first-order chi connectivity index (χ1) is 11.9. The number of hydrogen-bond acceptors (Lipinski definition) is 3. The van der Waals surface area contributed by atoms with Crippen molar-refractivity contribution in [3.63, 3.8) is 0 Å². The molecule has 0 radical (unpaired) electrons. The summed E-state index contributed by atoms with van der Waals surface area (Å²) in [5, 5.41) is 0.337. The summed E-state index contributed by atoms with van der Waals surface area (Å²) < 4.78 is 27.6. The molecule has 5 nitrogen and oxygen atoms in total. The molecule has 132 valence electrons. The fourth-order valence-corrected chi connectivity index (χ4v) is 4.52. The normalized spacial score (nSPS) is 14.6. The first-order valence-electron chi connectivity index (χ1n) is 7.74. The van der Waals surface area contributed by atoms with E-state index in [-0.39, 0.29) is 20.8 Å². The summed E-state index contributed by atoms with van der Waals surface area (Å²) in [6.45, 7) is 1.46. The lowest BCUT2D eigenvalue weighted by atomic mass is 10.2. The Bertz CT molecular complexity index is 910. The number of carbonyl (C=O) groups excluding carboxylic acids is 1. The first kappa shape index (κ1) is 18.0. The van der Waals surface area contributed by atoms with Crippen LogP contribution in [-0.4, -0.2) is 32.3 Å². The maximum absolute atomic E-state index is 12.6. The maximum atomic E-state index is 12.6. The van der Waals surface area contributed by atoms with Crippen molar-refractivity contribution < 1.29 is 13.2 Å². The van der Waals surface area contributed by atoms with Crippen LogP contribution in [0.3, 0.4) is 0 Å². The fourth-order valence-electron chi connectivity index (χ4n) is 2.71. The molecule has 8 heteroatoms. The lowest BCUT2D eigenvalue weighted by Gasteiger charge is -2.16. The number of likely N-dealkylation sites (tertiary alicyclic amines) is 1. The lowest BCUT2D eigenvalue weighted by molar-refractivity contribution is 0.0793. The van der Waals surface area contributed by atoms with Gasteiger partial charge in [-0.25, -0.2) is 8.42 Å². The highest BCUT2D eigenvalue weighted by atomic mass is 35.5. The lowest BCUT2D eigenvalue weighted by Crippen LogP contribution is -2.27. The molecule has 1 fully saturated rings. The second-order valence-electron chi connectivity index (χ2n) is 5.76. The topological polar surface area (TPSA) is 66.5 Å². The van der Waals surface area contributed by atoms with E-state index in [2.05, 4.69) is 4.72 Å². The van der Waals surface area contributed by atoms with E-state index in [1.54, 1.807) is 23.1 Å². The Kier molecular flexibility index (Phi) is 5.22. The van der Waals surface area contributed by atoms with Crippen LogP contribution in [0.1, 0.15) is 23.2 Å². The summed E-state index contributed by atoms with van der Waals surface area (Å²) in [6.07, 6.45) is 1.98. The van der Waals surface area contributed by atoms with E-state index in [4.69, 9.17) is 23.2 Å². The van der Waals surface area contributed by atoms with Crippen molar-refractivity contribution in [2.75, 3.05) is 17.8 Å². The molecule has 25 heavy (non-hydrogen) atoms. The summed E-state index contributed by atoms with van der Waals surface area (Å²) in [5.74, 6) is -0.0978. The molecule has 0 aromatic heterocycles. The number of rotatable bonds is 4. The molecular weight excluding hydrogens is 383 g/mol. The van der Waals surface area contributed by atoms with Crippen LogP contribution in [0.25, 0.3) is 0 Å². The Labute approximate surface area is 156 Å². The van der Waals surface area contributed by atoms with Crippen molar-refractivity contribution >= 4 is 44.8 Å². The van der Waals surface area contributed by atoms with Crippen LogP contribution in [0, 0.1) is 0 Å². The Balaban J connectivity index is 1.86. The number of hydrogen-bond donors (Lipinski definition) is 1. The summed E-state index contributed by atoms with van der Waals surface area (Å²) in [5.41, 5.74) is 0.736. The van der Waals surface area contributed by atoms with Gasteiger partial charge in [0, 0.05) is 29.4 Å². The first-order valence-corrected chi connectivity index (χ1v) is 9.98. The van der Waals surface area contributed by atoms with Gasteiger partial charge in [0.1, 0.15) is 4.90 Å². The number of benzene rings is 2. The van der Waals surface area contributed by atoms with Crippen molar-refractivity contribution in [3.05, 3.63) is 58.1 Å². The minimum absolute atomic E-state index is 0.0706. The third-order valence-corrected chi connectivity index (χ3v) is 6.04. The zero-order valence-corrected chi connectivity index (χ0v) is 15.5. The summed E-state index contributed by atoms with van der Waals surface area (Å²) in [4.78, 5) is 14.1. The Morgan fingerprint density at radius 2 is 1.76 bits per heavy atom. The van der Waals surface area contributed by atoms with Gasteiger partial charge >= 0.3 is 0 Å². The highest BCUT2D eigenvalue weighted by Crippen LogP contribution is 2.27. The van der Waals surface area contributed by atoms with Crippen LogP contribution in [0.5, 0.6) is 0 Å². The molecule has 1 heterocycles. The van der Waals surface area contributed by atoms with Crippen LogP contribution in [0.4, 0.5) is 5.69 Å². The zero-order valence-electron chi connectivity index (χ0n) is 13.2. The van der Waals surface area contributed by atoms with E-state index in [9.17, 15) is 13.2 Å². The molecule has 0 aliphatic carbocycles. The fraction of sp³-hybridized carbons (Fsp3) is 0.235. The predicted octanol–water partition coefficient (Wildman–Crippen LogP) is 4.03. The molecule has 0 unspecified atom stereocenters. The largest absolute Gasteiger partial charge is 0.339 e. The van der Waals surface area contributed by atoms with Gasteiger partial charge in [0.2, 0.25) is 0 Å². The van der Waals surface area contributed by atoms with E-state index in [1.807, 2.05) is 0 Å². The number of sulfonamides is 1. The van der Waals surface area contributed by atoms with Crippen LogP contribution in [-0.2, 0) is 10.0 Å². The molecule has 0 bridgehead atoms. The third kappa shape index (κ3) is 4.08. The predicted molar refractivity (Wildman–Crippen MR) is 98.9 cm³/mol. The second kappa shape index (κ2) is 7.23. The van der Waals surface area contributed by atoms with Gasteiger partial charge in [-0.2, -0.15) is 0 Å². The molecule has 1 aliphatic rings. The molecule has 0 spiro atoms. The van der Waals surface area contributed by atoms with Crippen molar-refractivity contribution in [2.45, 2.75) is 17.7 Å². The van der Waals surface area contributed by atoms with E-state index in [0.717, 1.165) is 25.9 Å². The Morgan fingerprint density at radius 3 is 2.48 bits per heavy atom. The van der Waals surface area contributed by atoms with Crippen molar-refractivity contribution in [3.8, 4) is 0 Å². The minimum atomic E-state index is -3.92. The minimum Gasteiger partial charge on any atom is -0.339 e. The maximum Gasteiger partial charge on any atom is 0.263 e. The van der Waals surface area contributed by atoms with E-state index >= 15 is 0 Å². The number of nitrogens with zero attached hydrogens (tertiary/aromatic N) is 1. The Hall–Kier alpha value is -1.76. The molecule has 1 saturated heterocycles. The van der Waals surface area contributed by atoms with Crippen molar-refractivity contribution in [1.82, 2.24) is 4.90 Å². The number of anilines is 1. The second-order valence-corrected chi connectivity index (χ2v) is 8.25. The highest BCUT2D eigenvalue weighted by molar-refractivity contribution is 7.92. The van der Waals surface area contributed by atoms with E-state index in [0.29, 0.717) is 11.3 Å². The molecule has 0 saturated carbocycles. The molecule has 2 aromatic carbocycles. The molecule has 1 aliphatic heterocycles. The summed E-state index contributed by atoms with van der Waals surface area (Å²) in [6, 6.07) is 10.6. The quantitative estimate of drug-likeness (QED) is 0.844. The smallest absolute Gasteiger partial charge is 0.263 e. The van der Waals surface area contributed by atoms with E-state index in [1.165, 1.54) is 24.3 Å². The number of amides is 1. The van der Waals surface area contributed by atoms with Gasteiger partial charge in [0.05, 0.1) is 5.02 Å². The van der Waals surface area contributed by atoms with Gasteiger partial charge < -0.3 is 4.90 Å². The standard InChI is InChI=1S/C17H16Cl2N2O3S/c18-13-6-7-15(19)16(11-13)25(23,24)20-14-5-3-4-12(10-14)17(22)21-8-1-2-9-21/h3-7,10-11,20H,1-2,8-9H2. The van der Waals surface area contributed by atoms with Gasteiger partial charge in [-0.3, -0.25) is 9.52 Å². The highest BCUT2D eigenvalue weighted by Gasteiger charge is 2.21. The summed E-state index contributed by atoms with van der Waals surface area (Å²) >= 11 is 11.8. The van der Waals surface area contributed by atoms with Crippen LogP contribution >= 0.6 is 23.2 Å². The molecule has 1 amide bonds. The zero-order chi connectivity index (χ0) is 18.0. The molecule has 3 rings (SSSR count). The van der Waals surface area contributed by atoms with E-state index < -0.39 is 10.0 Å². The molecule has 2 aromatic rings. The average molecular weight is 399 g/mol. The number of nitrogens with one attached hydrogen (secondary N) is 1. The summed E-state index contributed by atoms with van der Waals surface area (Å²) in [7, 11) is -3.92. The van der Waals surface area contributed by atoms with Gasteiger partial charge in [-0.15, -0.1) is 0 Å². The van der Waals surface area contributed by atoms with Gasteiger partial charge in [-0.05, 0) is 49.2 Å². The monoisotopic (exact) mass is 398 g/mol. The molecule has 0 atom stereocenters. The van der Waals surface area contributed by atoms with Gasteiger partial charge in [-0.1, -0.05) is 29.3 Å². The SMILES string of the molecule is O=C(c1cccc(NS(=O)(=O)c2cc(Cl)ccc2Cl)c1)N1CCCC1. The van der Waals surface area contributed by atoms with Crippen molar-refractivity contribution in [1.29, 1.82) is 0 Å². The average Bonchev–Trinajstić information content (AvgIpc) is 3.10. The van der Waals surface area contributed by atoms with Gasteiger partial charge in [0.25, 0.3) is 15.9 Å². The molecular formula is C17H16Cl2N2O3S. The molecule has 1 N–H and O–H groups in total. The Morgan fingerprint density at radius 1 is 1.04 bits per heavy atom. The third-order valence-electron chi connectivity index (χ3n) is 3.94. The van der Waals surface area contributed by atoms with Crippen LogP contribution in [0.15, 0.2) is 47.4 Å². The van der Waals surface area contributed by atoms with Crippen molar-refractivity contribution in [2.24, 2.45) is 0 Å².